The monoisotopic (exact) mass is 928 g/mol. The predicted octanol–water partition coefficient (Wildman–Crippen LogP) is 9.46. The van der Waals surface area contributed by atoms with E-state index in [1.165, 1.54) is 4.57 Å². The minimum absolute atomic E-state index is 0. The van der Waals surface area contributed by atoms with Crippen molar-refractivity contribution in [2.75, 3.05) is 0 Å². The lowest BCUT2D eigenvalue weighted by atomic mass is 10.1. The highest BCUT2D eigenvalue weighted by Crippen LogP contribution is 2.24. The Kier molecular flexibility index (Phi) is 22.2. The van der Waals surface area contributed by atoms with Crippen LogP contribution in [0.4, 0.5) is 0 Å². The summed E-state index contributed by atoms with van der Waals surface area (Å²) in [6.07, 6.45) is 0. The Morgan fingerprint density at radius 2 is 0.431 bits per heavy atom. The molecule has 0 spiro atoms. The van der Waals surface area contributed by atoms with Crippen molar-refractivity contribution >= 4 is 0 Å². The van der Waals surface area contributed by atoms with E-state index in [0.29, 0.717) is 0 Å². The largest absolute Gasteiger partial charge is 0.458 e. The molecule has 0 fully saturated rings. The van der Waals surface area contributed by atoms with Crippen LogP contribution in [-0.2, 0) is 33.2 Å². The van der Waals surface area contributed by atoms with Crippen LogP contribution in [0.25, 0.3) is 0 Å². The molecule has 0 saturated carbocycles. The van der Waals surface area contributed by atoms with Gasteiger partial charge in [-0.1, -0.05) is 29.7 Å². The first-order valence-electron chi connectivity index (χ1n) is 20.9. The third-order valence-electron chi connectivity index (χ3n) is 7.81. The van der Waals surface area contributed by atoms with E-state index in [1.807, 2.05) is 125 Å². The summed E-state index contributed by atoms with van der Waals surface area (Å²) in [6, 6.07) is 0.572. The molecule has 3 heterocycles. The van der Waals surface area contributed by atoms with E-state index in [4.69, 9.17) is 14.2 Å². The second-order valence-corrected chi connectivity index (χ2v) is 24.2. The van der Waals surface area contributed by atoms with E-state index in [-0.39, 0.29) is 59.1 Å². The maximum Gasteiger partial charge on any atom is 0.348 e. The Labute approximate surface area is 393 Å². The maximum atomic E-state index is 12.7. The van der Waals surface area contributed by atoms with Gasteiger partial charge in [0, 0.05) is 22.2 Å². The zero-order chi connectivity index (χ0) is 48.8. The van der Waals surface area contributed by atoms with Crippen LogP contribution in [0.3, 0.4) is 0 Å². The van der Waals surface area contributed by atoms with Crippen molar-refractivity contribution in [3.63, 3.8) is 0 Å². The average molecular weight is 928 g/mol. The Bertz CT molecular complexity index is 2030. The van der Waals surface area contributed by atoms with Gasteiger partial charge in [-0.05, 0) is 187 Å². The minimum atomic E-state index is -0.706. The van der Waals surface area contributed by atoms with E-state index in [9.17, 15) is 24.0 Å². The van der Waals surface area contributed by atoms with Gasteiger partial charge in [-0.25, -0.2) is 51.6 Å². The van der Waals surface area contributed by atoms with Crippen LogP contribution in [0.2, 0.25) is 0 Å². The molecule has 0 bridgehead atoms. The van der Waals surface area contributed by atoms with Crippen LogP contribution in [0.1, 0.15) is 217 Å². The van der Waals surface area contributed by atoms with E-state index in [1.54, 1.807) is 71.7 Å². The summed E-state index contributed by atoms with van der Waals surface area (Å²) in [5, 5.41) is 0. The van der Waals surface area contributed by atoms with E-state index < -0.39 is 67.1 Å². The first kappa shape index (κ1) is 67.2. The molecule has 0 unspecified atom stereocenters. The van der Waals surface area contributed by atoms with Crippen LogP contribution in [0.5, 0.6) is 18.0 Å². The van der Waals surface area contributed by atoms with E-state index in [0.717, 1.165) is 13.7 Å². The molecule has 0 aromatic carbocycles. The van der Waals surface area contributed by atoms with Gasteiger partial charge in [0.05, 0.1) is 11.1 Å². The molecule has 3 aromatic rings. The van der Waals surface area contributed by atoms with Crippen LogP contribution in [0.15, 0.2) is 24.0 Å². The Hall–Kier alpha value is -4.44. The third-order valence-corrected chi connectivity index (χ3v) is 7.81. The fourth-order valence-electron chi connectivity index (χ4n) is 5.74. The lowest BCUT2D eigenvalue weighted by molar-refractivity contribution is 0.0811. The smallest absolute Gasteiger partial charge is 0.348 e. The average Bonchev–Trinajstić information content (AvgIpc) is 3.19. The van der Waals surface area contributed by atoms with Crippen molar-refractivity contribution < 1.29 is 14.2 Å². The first-order valence-corrected chi connectivity index (χ1v) is 20.9. The highest BCUT2D eigenvalue weighted by molar-refractivity contribution is 5.11. The number of hydrogen-bond donors (Lipinski definition) is 0. The van der Waals surface area contributed by atoms with Gasteiger partial charge >= 0.3 is 46.5 Å². The predicted molar refractivity (Wildman–Crippen MR) is 270 cm³/mol. The Morgan fingerprint density at radius 1 is 0.277 bits per heavy atom. The fourth-order valence-corrected chi connectivity index (χ4v) is 5.74. The van der Waals surface area contributed by atoms with Gasteiger partial charge in [-0.3, -0.25) is 0 Å². The van der Waals surface area contributed by atoms with Crippen molar-refractivity contribution in [2.24, 2.45) is 0 Å². The summed E-state index contributed by atoms with van der Waals surface area (Å²) < 4.78 is 25.0. The van der Waals surface area contributed by atoms with Gasteiger partial charge in [0.1, 0.15) is 16.8 Å². The van der Waals surface area contributed by atoms with Gasteiger partial charge in [0.15, 0.2) is 0 Å². The zero-order valence-corrected chi connectivity index (χ0v) is 42.8. The fraction of sp³-hybridized carbons (Fsp3) is 0.833. The number of nitrogens with zero attached hydrogens (tertiary/aromatic N) is 9. The molecular formula is C48H97N9O8. The summed E-state index contributed by atoms with van der Waals surface area (Å²) >= 11 is 0. The van der Waals surface area contributed by atoms with Crippen molar-refractivity contribution in [1.82, 2.24) is 42.6 Å². The molecule has 0 N–H and O–H groups in total. The normalized spacial score (nSPS) is 12.7. The molecular weight excluding hydrogens is 831 g/mol. The zero-order valence-electron chi connectivity index (χ0n) is 42.8. The van der Waals surface area contributed by atoms with Crippen molar-refractivity contribution in [3.8, 4) is 18.0 Å². The molecule has 17 nitrogen and oxygen atoms in total. The molecule has 382 valence electrons. The van der Waals surface area contributed by atoms with Crippen molar-refractivity contribution in [1.29, 1.82) is 0 Å². The highest BCUT2D eigenvalue weighted by Gasteiger charge is 2.35. The third kappa shape index (κ3) is 18.8. The number of hydrogen-bond acceptors (Lipinski definition) is 11. The summed E-state index contributed by atoms with van der Waals surface area (Å²) in [6.45, 7) is 50.5. The SMILES string of the molecule is C.C.C.C.CC(C)(C)Oc1nc(OC(C)(C)C)nc(OC(C)(C)C)n1.CC(C)(C)n1c(=O)n(C(C)(C)C)c(=O)n(C(C)(C)C)c1=O.CC(C)(C)n1c(=O)n(C(C)(C)C)n(C(C)(C)C)c1=O. The van der Waals surface area contributed by atoms with Crippen LogP contribution in [0, 0.1) is 0 Å². The van der Waals surface area contributed by atoms with Gasteiger partial charge in [-0.2, -0.15) is 0 Å². The van der Waals surface area contributed by atoms with Gasteiger partial charge in [0.2, 0.25) is 0 Å². The van der Waals surface area contributed by atoms with Gasteiger partial charge < -0.3 is 14.2 Å². The van der Waals surface area contributed by atoms with Gasteiger partial charge in [-0.15, -0.1) is 15.0 Å². The number of aromatic nitrogens is 9. The van der Waals surface area contributed by atoms with Crippen molar-refractivity contribution in [2.45, 2.75) is 267 Å². The van der Waals surface area contributed by atoms with E-state index in [2.05, 4.69) is 15.0 Å². The molecule has 3 aromatic heterocycles. The second kappa shape index (κ2) is 21.5. The number of ether oxygens (including phenoxy) is 3. The lowest BCUT2D eigenvalue weighted by Gasteiger charge is -2.31. The summed E-state index contributed by atoms with van der Waals surface area (Å²) in [5.74, 6) is 0. The lowest BCUT2D eigenvalue weighted by Crippen LogP contribution is -2.63. The quantitative estimate of drug-likeness (QED) is 0.244. The summed E-state index contributed by atoms with van der Waals surface area (Å²) in [4.78, 5) is 76.0. The van der Waals surface area contributed by atoms with Crippen LogP contribution < -0.4 is 42.7 Å². The molecule has 0 radical (unpaired) electrons. The molecule has 0 aliphatic rings. The Balaban J connectivity index is -0.000000417. The molecule has 0 aliphatic carbocycles. The van der Waals surface area contributed by atoms with Crippen LogP contribution >= 0.6 is 0 Å². The molecule has 3 rings (SSSR count). The summed E-state index contributed by atoms with van der Waals surface area (Å²) in [5.41, 5.74) is -6.98. The first-order chi connectivity index (χ1) is 26.5. The standard InChI is InChI=1S/2C15H27N3O3.C14H27N3O2.4CH4/c1-13(2,3)19-10-16-11(20-14(4,5)6)18-12(17-10)21-15(7,8)9;1-13(2,3)16-10(19)17(14(4,5)6)12(21)18(11(16)20)15(7,8)9;1-12(2,3)15-10(18)16(13(4,5)6)17(11(15)19)14(7,8)9;;;;/h2*1-9H3;1-9H3;4*1H4. The highest BCUT2D eigenvalue weighted by atomic mass is 16.6. The molecule has 0 saturated heterocycles. The minimum Gasteiger partial charge on any atom is -0.458 e. The van der Waals surface area contributed by atoms with Crippen LogP contribution in [-0.4, -0.2) is 59.4 Å². The molecule has 0 amide bonds. The topological polar surface area (TPSA) is 181 Å². The molecule has 17 heteroatoms. The van der Waals surface area contributed by atoms with E-state index >= 15 is 0 Å². The second-order valence-electron chi connectivity index (χ2n) is 24.2. The molecule has 65 heavy (non-hydrogen) atoms. The Morgan fingerprint density at radius 3 is 0.554 bits per heavy atom. The number of rotatable bonds is 3. The molecule has 0 atom stereocenters. The van der Waals surface area contributed by atoms with Gasteiger partial charge in [0.25, 0.3) is 0 Å². The summed E-state index contributed by atoms with van der Waals surface area (Å²) in [7, 11) is 0. The van der Waals surface area contributed by atoms with Crippen molar-refractivity contribution in [3.05, 3.63) is 52.4 Å². The maximum absolute atomic E-state index is 12.7. The molecule has 0 aliphatic heterocycles.